The van der Waals surface area contributed by atoms with Crippen LogP contribution in [0.25, 0.3) is 0 Å². The highest BCUT2D eigenvalue weighted by Crippen LogP contribution is 2.20. The van der Waals surface area contributed by atoms with Crippen LogP contribution in [0.15, 0.2) is 55.1 Å². The Bertz CT molecular complexity index is 1270. The maximum atomic E-state index is 12.7. The third kappa shape index (κ3) is 7.45. The quantitative estimate of drug-likeness (QED) is 0.460. The van der Waals surface area contributed by atoms with Crippen molar-refractivity contribution in [1.29, 1.82) is 0 Å². The molecule has 2 aromatic heterocycles. The number of likely N-dealkylation sites (tertiary alicyclic amines) is 1. The van der Waals surface area contributed by atoms with Crippen LogP contribution in [0.1, 0.15) is 47.8 Å². The number of amides is 2. The van der Waals surface area contributed by atoms with Crippen LogP contribution in [0.3, 0.4) is 0 Å². The number of hydrogen-bond acceptors (Lipinski definition) is 7. The van der Waals surface area contributed by atoms with E-state index in [1.54, 1.807) is 17.0 Å². The molecule has 1 N–H and O–H groups in total. The molecular weight excluding hydrogens is 506 g/mol. The summed E-state index contributed by atoms with van der Waals surface area (Å²) in [6.45, 7) is 8.03. The van der Waals surface area contributed by atoms with Crippen molar-refractivity contribution in [3.63, 3.8) is 0 Å². The second-order valence-corrected chi connectivity index (χ2v) is 10.8. The first-order chi connectivity index (χ1) is 19.4. The molecule has 1 atom stereocenters. The van der Waals surface area contributed by atoms with Crippen LogP contribution in [0.4, 0.5) is 10.5 Å². The number of aryl methyl sites for hydroxylation is 1. The molecule has 10 heteroatoms. The van der Waals surface area contributed by atoms with Gasteiger partial charge in [0.05, 0.1) is 23.9 Å². The first-order valence-corrected chi connectivity index (χ1v) is 14.2. The van der Waals surface area contributed by atoms with Crippen molar-refractivity contribution in [3.8, 4) is 5.88 Å². The van der Waals surface area contributed by atoms with Crippen LogP contribution < -0.4 is 10.1 Å². The van der Waals surface area contributed by atoms with Gasteiger partial charge in [0.15, 0.2) is 0 Å². The Kier molecular flexibility index (Phi) is 9.08. The van der Waals surface area contributed by atoms with E-state index in [9.17, 15) is 9.59 Å². The van der Waals surface area contributed by atoms with Gasteiger partial charge >= 0.3 is 6.09 Å². The topological polar surface area (TPSA) is 95.8 Å². The summed E-state index contributed by atoms with van der Waals surface area (Å²) < 4.78 is 7.43. The fourth-order valence-electron chi connectivity index (χ4n) is 5.28. The smallest absolute Gasteiger partial charge is 0.391 e. The minimum Gasteiger partial charge on any atom is -0.391 e. The van der Waals surface area contributed by atoms with Gasteiger partial charge in [0, 0.05) is 76.6 Å². The second-order valence-electron chi connectivity index (χ2n) is 10.8. The highest BCUT2D eigenvalue weighted by Gasteiger charge is 2.23. The number of carbonyl (C=O) groups is 2. The summed E-state index contributed by atoms with van der Waals surface area (Å²) in [5, 5.41) is 2.87. The van der Waals surface area contributed by atoms with Crippen LogP contribution in [0, 0.1) is 0 Å². The summed E-state index contributed by atoms with van der Waals surface area (Å²) in [7, 11) is 1.97. The number of piperidine rings is 1. The van der Waals surface area contributed by atoms with Crippen LogP contribution >= 0.6 is 0 Å². The van der Waals surface area contributed by atoms with Crippen LogP contribution in [-0.4, -0.2) is 86.5 Å². The third-order valence-corrected chi connectivity index (χ3v) is 7.80. The monoisotopic (exact) mass is 545 g/mol. The van der Waals surface area contributed by atoms with Crippen molar-refractivity contribution >= 4 is 17.7 Å². The average molecular weight is 546 g/mol. The number of piperazine rings is 1. The Morgan fingerprint density at radius 1 is 1.00 bits per heavy atom. The van der Waals surface area contributed by atoms with Crippen molar-refractivity contribution in [2.24, 2.45) is 7.05 Å². The molecule has 0 saturated carbocycles. The van der Waals surface area contributed by atoms with Crippen molar-refractivity contribution in [2.75, 3.05) is 44.6 Å². The largest absolute Gasteiger partial charge is 0.416 e. The molecule has 212 valence electrons. The van der Waals surface area contributed by atoms with Gasteiger partial charge in [-0.25, -0.2) is 14.8 Å². The first kappa shape index (κ1) is 27.8. The van der Waals surface area contributed by atoms with Gasteiger partial charge in [-0.15, -0.1) is 0 Å². The summed E-state index contributed by atoms with van der Waals surface area (Å²) in [5.74, 6) is 0.00206. The lowest BCUT2D eigenvalue weighted by Crippen LogP contribution is -2.50. The summed E-state index contributed by atoms with van der Waals surface area (Å²) in [6.07, 6.45) is 9.63. The molecule has 2 aliphatic rings. The molecule has 1 unspecified atom stereocenters. The number of pyridine rings is 1. The molecule has 4 heterocycles. The predicted octanol–water partition coefficient (Wildman–Crippen LogP) is 3.80. The first-order valence-electron chi connectivity index (χ1n) is 14.2. The van der Waals surface area contributed by atoms with E-state index in [2.05, 4.69) is 32.0 Å². The second kappa shape index (κ2) is 13.1. The lowest BCUT2D eigenvalue weighted by Gasteiger charge is -2.33. The molecule has 5 rings (SSSR count). The highest BCUT2D eigenvalue weighted by atomic mass is 16.6. The standard InChI is InChI=1S/C30H39N7O3/c1-23-5-3-4-13-37(23)20-24-6-8-25(9-7-24)29(38)33-26-10-11-28(31-19-26)40-30(39)36-17-15-35(16-18-36)14-12-27-21-34(2)22-32-27/h6-11,19,21-23H,3-5,12-18,20H2,1-2H3,(H,33,38). The number of aromatic nitrogens is 3. The molecule has 0 radical (unpaired) electrons. The molecular formula is C30H39N7O3. The van der Waals surface area contributed by atoms with Crippen molar-refractivity contribution in [1.82, 2.24) is 29.2 Å². The Morgan fingerprint density at radius 2 is 1.80 bits per heavy atom. The minimum absolute atomic E-state index is 0.203. The van der Waals surface area contributed by atoms with Crippen molar-refractivity contribution < 1.29 is 14.3 Å². The maximum absolute atomic E-state index is 12.7. The van der Waals surface area contributed by atoms with Crippen molar-refractivity contribution in [3.05, 3.63) is 71.9 Å². The van der Waals surface area contributed by atoms with Gasteiger partial charge in [-0.05, 0) is 50.1 Å². The molecule has 0 aliphatic carbocycles. The maximum Gasteiger partial charge on any atom is 0.416 e. The zero-order valence-electron chi connectivity index (χ0n) is 23.5. The highest BCUT2D eigenvalue weighted by molar-refractivity contribution is 6.04. The van der Waals surface area contributed by atoms with Crippen LogP contribution in [0.5, 0.6) is 5.88 Å². The molecule has 0 bridgehead atoms. The Morgan fingerprint density at radius 3 is 2.48 bits per heavy atom. The number of ether oxygens (including phenoxy) is 1. The van der Waals surface area contributed by atoms with E-state index < -0.39 is 6.09 Å². The number of nitrogens with zero attached hydrogens (tertiary/aromatic N) is 6. The number of anilines is 1. The normalized spacial score (nSPS) is 18.4. The number of rotatable bonds is 8. The van der Waals surface area contributed by atoms with Gasteiger partial charge in [0.2, 0.25) is 5.88 Å². The van der Waals surface area contributed by atoms with Crippen LogP contribution in [-0.2, 0) is 20.0 Å². The molecule has 2 saturated heterocycles. The van der Waals surface area contributed by atoms with Gasteiger partial charge in [-0.2, -0.15) is 0 Å². The molecule has 2 aliphatic heterocycles. The molecule has 0 spiro atoms. The van der Waals surface area contributed by atoms with Crippen molar-refractivity contribution in [2.45, 2.75) is 45.2 Å². The Labute approximate surface area is 235 Å². The third-order valence-electron chi connectivity index (χ3n) is 7.80. The van der Waals surface area contributed by atoms with E-state index in [1.807, 2.05) is 48.4 Å². The van der Waals surface area contributed by atoms with Gasteiger partial charge in [0.1, 0.15) is 0 Å². The number of nitrogens with one attached hydrogen (secondary N) is 1. The lowest BCUT2D eigenvalue weighted by atomic mass is 10.0. The zero-order valence-corrected chi connectivity index (χ0v) is 23.5. The molecule has 3 aromatic rings. The van der Waals surface area contributed by atoms with E-state index in [4.69, 9.17) is 4.74 Å². The van der Waals surface area contributed by atoms with E-state index in [-0.39, 0.29) is 11.8 Å². The lowest BCUT2D eigenvalue weighted by molar-refractivity contribution is 0.102. The Balaban J connectivity index is 1.05. The molecule has 10 nitrogen and oxygen atoms in total. The summed E-state index contributed by atoms with van der Waals surface area (Å²) in [6, 6.07) is 11.7. The van der Waals surface area contributed by atoms with Gasteiger partial charge in [-0.3, -0.25) is 14.6 Å². The fourth-order valence-corrected chi connectivity index (χ4v) is 5.28. The summed E-state index contributed by atoms with van der Waals surface area (Å²) >= 11 is 0. The number of benzene rings is 1. The van der Waals surface area contributed by atoms with Crippen LogP contribution in [0.2, 0.25) is 0 Å². The van der Waals surface area contributed by atoms with Gasteiger partial charge in [-0.1, -0.05) is 18.6 Å². The zero-order chi connectivity index (χ0) is 27.9. The van der Waals surface area contributed by atoms with Gasteiger partial charge in [0.25, 0.3) is 5.91 Å². The van der Waals surface area contributed by atoms with E-state index in [0.29, 0.717) is 30.4 Å². The number of hydrogen-bond donors (Lipinski definition) is 1. The summed E-state index contributed by atoms with van der Waals surface area (Å²) in [4.78, 5) is 40.5. The van der Waals surface area contributed by atoms with Gasteiger partial charge < -0.3 is 19.5 Å². The Hall–Kier alpha value is -3.76. The van der Waals surface area contributed by atoms with E-state index in [0.717, 1.165) is 44.8 Å². The molecule has 2 amide bonds. The minimum atomic E-state index is -0.410. The number of carbonyl (C=O) groups excluding carboxylic acids is 2. The average Bonchev–Trinajstić information content (AvgIpc) is 3.39. The van der Waals surface area contributed by atoms with E-state index in [1.165, 1.54) is 31.0 Å². The number of imidazole rings is 1. The molecule has 40 heavy (non-hydrogen) atoms. The molecule has 2 fully saturated rings. The SMILES string of the molecule is CC1CCCCN1Cc1ccc(C(=O)Nc2ccc(OC(=O)N3CCN(CCc4cn(C)cn4)CC3)nc2)cc1. The van der Waals surface area contributed by atoms with E-state index >= 15 is 0 Å². The summed E-state index contributed by atoms with van der Waals surface area (Å²) in [5.41, 5.74) is 3.41. The predicted molar refractivity (Wildman–Crippen MR) is 153 cm³/mol. The fraction of sp³-hybridized carbons (Fsp3) is 0.467. The molecule has 1 aromatic carbocycles.